The fraction of sp³-hybridized carbons (Fsp3) is 0.278. The molecule has 0 amide bonds. The van der Waals surface area contributed by atoms with E-state index in [0.717, 1.165) is 26.9 Å². The summed E-state index contributed by atoms with van der Waals surface area (Å²) in [5.41, 5.74) is 4.13. The molecule has 2 rings (SSSR count). The van der Waals surface area contributed by atoms with E-state index in [1.54, 1.807) is 6.07 Å². The fourth-order valence-corrected chi connectivity index (χ4v) is 2.67. The van der Waals surface area contributed by atoms with E-state index >= 15 is 0 Å². The lowest BCUT2D eigenvalue weighted by Crippen LogP contribution is -2.10. The SMILES string of the molecule is COC(=O)Oc1cccc(C)c1COc1cc(C)c(C)cc1Br. The third kappa shape index (κ3) is 4.26. The maximum Gasteiger partial charge on any atom is 0.513 e. The quantitative estimate of drug-likeness (QED) is 0.548. The van der Waals surface area contributed by atoms with Crippen LogP contribution in [-0.2, 0) is 11.3 Å². The van der Waals surface area contributed by atoms with Crippen LogP contribution in [-0.4, -0.2) is 13.3 Å². The molecule has 0 radical (unpaired) electrons. The summed E-state index contributed by atoms with van der Waals surface area (Å²) in [5.74, 6) is 1.19. The molecule has 0 aliphatic heterocycles. The van der Waals surface area contributed by atoms with Crippen molar-refractivity contribution in [1.29, 1.82) is 0 Å². The number of hydrogen-bond donors (Lipinski definition) is 0. The van der Waals surface area contributed by atoms with Gasteiger partial charge in [0, 0.05) is 5.56 Å². The minimum atomic E-state index is -0.746. The summed E-state index contributed by atoms with van der Waals surface area (Å²) >= 11 is 3.51. The van der Waals surface area contributed by atoms with Crippen molar-refractivity contribution in [3.05, 3.63) is 57.1 Å². The summed E-state index contributed by atoms with van der Waals surface area (Å²) in [7, 11) is 1.28. The second kappa shape index (κ2) is 7.51. The van der Waals surface area contributed by atoms with Gasteiger partial charge in [-0.2, -0.15) is 0 Å². The van der Waals surface area contributed by atoms with Gasteiger partial charge in [-0.3, -0.25) is 0 Å². The molecule has 2 aromatic rings. The highest BCUT2D eigenvalue weighted by Gasteiger charge is 2.13. The Morgan fingerprint density at radius 1 is 1.04 bits per heavy atom. The van der Waals surface area contributed by atoms with Crippen molar-refractivity contribution >= 4 is 22.1 Å². The summed E-state index contributed by atoms with van der Waals surface area (Å²) < 4.78 is 16.5. The van der Waals surface area contributed by atoms with Gasteiger partial charge in [0.25, 0.3) is 0 Å². The molecule has 2 aromatic carbocycles. The molecule has 0 saturated carbocycles. The second-order valence-electron chi connectivity index (χ2n) is 5.26. The van der Waals surface area contributed by atoms with Gasteiger partial charge in [-0.1, -0.05) is 12.1 Å². The molecule has 0 aliphatic carbocycles. The number of rotatable bonds is 4. The van der Waals surface area contributed by atoms with Crippen LogP contribution < -0.4 is 9.47 Å². The molecule has 23 heavy (non-hydrogen) atoms. The van der Waals surface area contributed by atoms with Crippen molar-refractivity contribution in [2.24, 2.45) is 0 Å². The van der Waals surface area contributed by atoms with Crippen LogP contribution in [0.5, 0.6) is 11.5 Å². The average molecular weight is 379 g/mol. The van der Waals surface area contributed by atoms with E-state index < -0.39 is 6.16 Å². The zero-order chi connectivity index (χ0) is 17.0. The van der Waals surface area contributed by atoms with Gasteiger partial charge >= 0.3 is 6.16 Å². The van der Waals surface area contributed by atoms with Gasteiger partial charge in [0.2, 0.25) is 0 Å². The predicted octanol–water partition coefficient (Wildman–Crippen LogP) is 5.10. The van der Waals surface area contributed by atoms with E-state index in [1.165, 1.54) is 12.7 Å². The first-order chi connectivity index (χ1) is 10.9. The highest BCUT2D eigenvalue weighted by atomic mass is 79.9. The monoisotopic (exact) mass is 378 g/mol. The van der Waals surface area contributed by atoms with E-state index in [0.29, 0.717) is 12.4 Å². The Morgan fingerprint density at radius 2 is 1.74 bits per heavy atom. The number of aryl methyl sites for hydroxylation is 3. The lowest BCUT2D eigenvalue weighted by molar-refractivity contribution is 0.120. The summed E-state index contributed by atoms with van der Waals surface area (Å²) in [6.45, 7) is 6.32. The molecule has 0 aromatic heterocycles. The standard InChI is InChI=1S/C18H19BrO4/c1-11-6-5-7-16(23-18(20)21-4)14(11)10-22-17-9-13(3)12(2)8-15(17)19/h5-9H,10H2,1-4H3. The summed E-state index contributed by atoms with van der Waals surface area (Å²) in [5, 5.41) is 0. The Labute approximate surface area is 144 Å². The number of carbonyl (C=O) groups excluding carboxylic acids is 1. The highest BCUT2D eigenvalue weighted by Crippen LogP contribution is 2.31. The summed E-state index contributed by atoms with van der Waals surface area (Å²) in [6.07, 6.45) is -0.746. The minimum absolute atomic E-state index is 0.292. The molecule has 0 bridgehead atoms. The third-order valence-electron chi connectivity index (χ3n) is 3.65. The molecular weight excluding hydrogens is 360 g/mol. The number of carbonyl (C=O) groups is 1. The van der Waals surface area contributed by atoms with Gasteiger partial charge in [0.1, 0.15) is 18.1 Å². The first kappa shape index (κ1) is 17.3. The largest absolute Gasteiger partial charge is 0.513 e. The van der Waals surface area contributed by atoms with Crippen LogP contribution in [0.25, 0.3) is 0 Å². The molecule has 122 valence electrons. The van der Waals surface area contributed by atoms with Gasteiger partial charge < -0.3 is 14.2 Å². The van der Waals surface area contributed by atoms with Crippen LogP contribution in [0.15, 0.2) is 34.8 Å². The maximum absolute atomic E-state index is 11.4. The molecule has 0 unspecified atom stereocenters. The van der Waals surface area contributed by atoms with E-state index in [1.807, 2.05) is 45.0 Å². The number of methoxy groups -OCH3 is 1. The number of benzene rings is 2. The van der Waals surface area contributed by atoms with Crippen LogP contribution in [0, 0.1) is 20.8 Å². The summed E-state index contributed by atoms with van der Waals surface area (Å²) in [6, 6.07) is 9.49. The molecule has 0 saturated heterocycles. The average Bonchev–Trinajstić information content (AvgIpc) is 2.51. The van der Waals surface area contributed by atoms with Crippen LogP contribution >= 0.6 is 15.9 Å². The molecule has 0 heterocycles. The van der Waals surface area contributed by atoms with Gasteiger partial charge in [-0.15, -0.1) is 0 Å². The smallest absolute Gasteiger partial charge is 0.488 e. The lowest BCUT2D eigenvalue weighted by atomic mass is 10.1. The predicted molar refractivity (Wildman–Crippen MR) is 92.2 cm³/mol. The van der Waals surface area contributed by atoms with Crippen molar-refractivity contribution in [2.45, 2.75) is 27.4 Å². The molecule has 5 heteroatoms. The second-order valence-corrected chi connectivity index (χ2v) is 6.12. The molecular formula is C18H19BrO4. The molecule has 0 atom stereocenters. The van der Waals surface area contributed by atoms with Crippen molar-refractivity contribution in [2.75, 3.05) is 7.11 Å². The Hall–Kier alpha value is -2.01. The molecule has 0 N–H and O–H groups in total. The van der Waals surface area contributed by atoms with Crippen LogP contribution in [0.3, 0.4) is 0 Å². The van der Waals surface area contributed by atoms with E-state index in [9.17, 15) is 4.79 Å². The highest BCUT2D eigenvalue weighted by molar-refractivity contribution is 9.10. The van der Waals surface area contributed by atoms with Crippen molar-refractivity contribution in [3.63, 3.8) is 0 Å². The van der Waals surface area contributed by atoms with Crippen LogP contribution in [0.4, 0.5) is 4.79 Å². The molecule has 0 spiro atoms. The fourth-order valence-electron chi connectivity index (χ4n) is 2.10. The Morgan fingerprint density at radius 3 is 2.43 bits per heavy atom. The lowest BCUT2D eigenvalue weighted by Gasteiger charge is -2.15. The summed E-state index contributed by atoms with van der Waals surface area (Å²) in [4.78, 5) is 11.4. The molecule has 0 aliphatic rings. The zero-order valence-electron chi connectivity index (χ0n) is 13.6. The number of ether oxygens (including phenoxy) is 3. The maximum atomic E-state index is 11.4. The van der Waals surface area contributed by atoms with Crippen molar-refractivity contribution < 1.29 is 19.0 Å². The first-order valence-electron chi connectivity index (χ1n) is 7.16. The van der Waals surface area contributed by atoms with Gasteiger partial charge in [0.15, 0.2) is 0 Å². The van der Waals surface area contributed by atoms with Crippen molar-refractivity contribution in [3.8, 4) is 11.5 Å². The van der Waals surface area contributed by atoms with Crippen molar-refractivity contribution in [1.82, 2.24) is 0 Å². The van der Waals surface area contributed by atoms with Gasteiger partial charge in [0.05, 0.1) is 11.6 Å². The van der Waals surface area contributed by atoms with E-state index in [2.05, 4.69) is 20.7 Å². The Bertz CT molecular complexity index is 725. The molecule has 4 nitrogen and oxygen atoms in total. The number of hydrogen-bond acceptors (Lipinski definition) is 4. The topological polar surface area (TPSA) is 44.8 Å². The minimum Gasteiger partial charge on any atom is -0.488 e. The van der Waals surface area contributed by atoms with E-state index in [4.69, 9.17) is 9.47 Å². The number of halogens is 1. The van der Waals surface area contributed by atoms with Crippen LogP contribution in [0.2, 0.25) is 0 Å². The first-order valence-corrected chi connectivity index (χ1v) is 7.95. The Balaban J connectivity index is 2.23. The van der Waals surface area contributed by atoms with Gasteiger partial charge in [-0.05, 0) is 71.6 Å². The normalized spacial score (nSPS) is 10.3. The Kier molecular flexibility index (Phi) is 5.66. The van der Waals surface area contributed by atoms with Crippen LogP contribution in [0.1, 0.15) is 22.3 Å². The third-order valence-corrected chi connectivity index (χ3v) is 4.27. The zero-order valence-corrected chi connectivity index (χ0v) is 15.2. The molecule has 0 fully saturated rings. The van der Waals surface area contributed by atoms with Gasteiger partial charge in [-0.25, -0.2) is 4.79 Å². The van der Waals surface area contributed by atoms with E-state index in [-0.39, 0.29) is 0 Å².